The first-order chi connectivity index (χ1) is 6.19. The van der Waals surface area contributed by atoms with Crippen molar-refractivity contribution in [2.24, 2.45) is 0 Å². The van der Waals surface area contributed by atoms with Gasteiger partial charge in [-0.25, -0.2) is 0 Å². The van der Waals surface area contributed by atoms with Gasteiger partial charge in [0.1, 0.15) is 5.75 Å². The smallest absolute Gasteiger partial charge is 0.119 e. The van der Waals surface area contributed by atoms with Crippen LogP contribution in [0.5, 0.6) is 5.75 Å². The zero-order valence-corrected chi connectivity index (χ0v) is 8.37. The van der Waals surface area contributed by atoms with Crippen LogP contribution in [0.25, 0.3) is 0 Å². The monoisotopic (exact) mass is 180 g/mol. The average molecular weight is 180 g/mol. The summed E-state index contributed by atoms with van der Waals surface area (Å²) in [6.07, 6.45) is 0. The van der Waals surface area contributed by atoms with Gasteiger partial charge >= 0.3 is 0 Å². The maximum atomic E-state index is 9.01. The van der Waals surface area contributed by atoms with Crippen LogP contribution in [0.3, 0.4) is 0 Å². The molecule has 13 heavy (non-hydrogen) atoms. The molecule has 1 aromatic carbocycles. The fraction of sp³-hybridized carbons (Fsp3) is 0.455. The third-order valence-corrected chi connectivity index (χ3v) is 2.28. The third kappa shape index (κ3) is 2.22. The van der Waals surface area contributed by atoms with Crippen molar-refractivity contribution in [3.05, 3.63) is 29.3 Å². The first-order valence-corrected chi connectivity index (χ1v) is 4.44. The number of aliphatic hydroxyl groups excluding tert-OH is 1. The SMILES string of the molecule is COc1ccc([C@H](C)CO)c(C)c1. The van der Waals surface area contributed by atoms with Crippen LogP contribution in [0.2, 0.25) is 0 Å². The van der Waals surface area contributed by atoms with E-state index in [1.165, 1.54) is 11.1 Å². The van der Waals surface area contributed by atoms with Crippen molar-refractivity contribution in [3.63, 3.8) is 0 Å². The molecule has 0 aliphatic rings. The van der Waals surface area contributed by atoms with Crippen molar-refractivity contribution in [2.45, 2.75) is 19.8 Å². The lowest BCUT2D eigenvalue weighted by atomic mass is 9.97. The molecule has 0 aliphatic heterocycles. The Morgan fingerprint density at radius 2 is 2.15 bits per heavy atom. The van der Waals surface area contributed by atoms with Gasteiger partial charge in [-0.05, 0) is 30.2 Å². The maximum Gasteiger partial charge on any atom is 0.119 e. The number of ether oxygens (including phenoxy) is 1. The normalized spacial score (nSPS) is 12.6. The standard InChI is InChI=1S/C11H16O2/c1-8-6-10(13-3)4-5-11(8)9(2)7-12/h4-6,9,12H,7H2,1-3H3/t9-/m1/s1. The molecular weight excluding hydrogens is 164 g/mol. The van der Waals surface area contributed by atoms with E-state index in [1.54, 1.807) is 7.11 Å². The summed E-state index contributed by atoms with van der Waals surface area (Å²) >= 11 is 0. The van der Waals surface area contributed by atoms with Gasteiger partial charge in [0, 0.05) is 12.5 Å². The van der Waals surface area contributed by atoms with E-state index >= 15 is 0 Å². The molecule has 0 aliphatic carbocycles. The number of aryl methyl sites for hydroxylation is 1. The number of methoxy groups -OCH3 is 1. The molecule has 0 saturated carbocycles. The summed E-state index contributed by atoms with van der Waals surface area (Å²) in [5, 5.41) is 9.01. The van der Waals surface area contributed by atoms with Crippen LogP contribution in [0, 0.1) is 6.92 Å². The molecule has 0 radical (unpaired) electrons. The second kappa shape index (κ2) is 4.28. The highest BCUT2D eigenvalue weighted by atomic mass is 16.5. The van der Waals surface area contributed by atoms with Crippen molar-refractivity contribution in [1.82, 2.24) is 0 Å². The number of benzene rings is 1. The van der Waals surface area contributed by atoms with Gasteiger partial charge in [0.2, 0.25) is 0 Å². The number of hydrogen-bond acceptors (Lipinski definition) is 2. The second-order valence-electron chi connectivity index (χ2n) is 3.31. The molecule has 0 aromatic heterocycles. The molecule has 0 fully saturated rings. The fourth-order valence-electron chi connectivity index (χ4n) is 1.43. The number of rotatable bonds is 3. The zero-order valence-electron chi connectivity index (χ0n) is 8.37. The van der Waals surface area contributed by atoms with E-state index in [4.69, 9.17) is 9.84 Å². The maximum absolute atomic E-state index is 9.01. The van der Waals surface area contributed by atoms with Crippen molar-refractivity contribution < 1.29 is 9.84 Å². The highest BCUT2D eigenvalue weighted by Crippen LogP contribution is 2.23. The van der Waals surface area contributed by atoms with E-state index in [-0.39, 0.29) is 12.5 Å². The Balaban J connectivity index is 2.98. The molecule has 0 amide bonds. The summed E-state index contributed by atoms with van der Waals surface area (Å²) in [6.45, 7) is 4.23. The molecule has 2 heteroatoms. The van der Waals surface area contributed by atoms with Gasteiger partial charge < -0.3 is 9.84 Å². The van der Waals surface area contributed by atoms with Crippen LogP contribution in [0.1, 0.15) is 24.0 Å². The number of aliphatic hydroxyl groups is 1. The van der Waals surface area contributed by atoms with Crippen molar-refractivity contribution in [2.75, 3.05) is 13.7 Å². The minimum Gasteiger partial charge on any atom is -0.497 e. The molecule has 1 aromatic rings. The lowest BCUT2D eigenvalue weighted by Gasteiger charge is -2.12. The van der Waals surface area contributed by atoms with Gasteiger partial charge in [-0.15, -0.1) is 0 Å². The third-order valence-electron chi connectivity index (χ3n) is 2.28. The molecular formula is C11H16O2. The van der Waals surface area contributed by atoms with Crippen LogP contribution in [-0.2, 0) is 0 Å². The molecule has 0 unspecified atom stereocenters. The van der Waals surface area contributed by atoms with Gasteiger partial charge in [0.05, 0.1) is 7.11 Å². The molecule has 0 bridgehead atoms. The first kappa shape index (κ1) is 10.1. The molecule has 1 N–H and O–H groups in total. The molecule has 1 rings (SSSR count). The summed E-state index contributed by atoms with van der Waals surface area (Å²) in [7, 11) is 1.66. The van der Waals surface area contributed by atoms with E-state index in [0.717, 1.165) is 5.75 Å². The Morgan fingerprint density at radius 3 is 2.62 bits per heavy atom. The van der Waals surface area contributed by atoms with Crippen molar-refractivity contribution >= 4 is 0 Å². The molecule has 2 nitrogen and oxygen atoms in total. The summed E-state index contributed by atoms with van der Waals surface area (Å²) < 4.78 is 5.10. The van der Waals surface area contributed by atoms with Gasteiger partial charge in [0.15, 0.2) is 0 Å². The van der Waals surface area contributed by atoms with Gasteiger partial charge in [-0.3, -0.25) is 0 Å². The van der Waals surface area contributed by atoms with Crippen LogP contribution in [-0.4, -0.2) is 18.8 Å². The largest absolute Gasteiger partial charge is 0.497 e. The Kier molecular flexibility index (Phi) is 3.32. The van der Waals surface area contributed by atoms with E-state index in [9.17, 15) is 0 Å². The second-order valence-corrected chi connectivity index (χ2v) is 3.31. The van der Waals surface area contributed by atoms with Crippen LogP contribution >= 0.6 is 0 Å². The highest BCUT2D eigenvalue weighted by molar-refractivity contribution is 5.36. The van der Waals surface area contributed by atoms with E-state index < -0.39 is 0 Å². The van der Waals surface area contributed by atoms with E-state index in [0.29, 0.717) is 0 Å². The van der Waals surface area contributed by atoms with Crippen molar-refractivity contribution in [1.29, 1.82) is 0 Å². The average Bonchev–Trinajstić information content (AvgIpc) is 2.16. The Morgan fingerprint density at radius 1 is 1.46 bits per heavy atom. The highest BCUT2D eigenvalue weighted by Gasteiger charge is 2.07. The Bertz CT molecular complexity index is 281. The summed E-state index contributed by atoms with van der Waals surface area (Å²) in [5.41, 5.74) is 2.35. The molecule has 1 atom stereocenters. The molecule has 72 valence electrons. The predicted molar refractivity (Wildman–Crippen MR) is 53.2 cm³/mol. The first-order valence-electron chi connectivity index (χ1n) is 4.44. The minimum atomic E-state index is 0.188. The Hall–Kier alpha value is -1.02. The number of hydrogen-bond donors (Lipinski definition) is 1. The fourth-order valence-corrected chi connectivity index (χ4v) is 1.43. The van der Waals surface area contributed by atoms with Gasteiger partial charge in [-0.1, -0.05) is 13.0 Å². The molecule has 0 heterocycles. The topological polar surface area (TPSA) is 29.5 Å². The zero-order chi connectivity index (χ0) is 9.84. The van der Waals surface area contributed by atoms with Crippen LogP contribution in [0.4, 0.5) is 0 Å². The van der Waals surface area contributed by atoms with Crippen LogP contribution in [0.15, 0.2) is 18.2 Å². The molecule has 0 saturated heterocycles. The van der Waals surface area contributed by atoms with Gasteiger partial charge in [-0.2, -0.15) is 0 Å². The van der Waals surface area contributed by atoms with Gasteiger partial charge in [0.25, 0.3) is 0 Å². The van der Waals surface area contributed by atoms with Crippen LogP contribution < -0.4 is 4.74 Å². The molecule has 0 spiro atoms. The lowest BCUT2D eigenvalue weighted by molar-refractivity contribution is 0.272. The van der Waals surface area contributed by atoms with E-state index in [2.05, 4.69) is 0 Å². The van der Waals surface area contributed by atoms with E-state index in [1.807, 2.05) is 32.0 Å². The quantitative estimate of drug-likeness (QED) is 0.771. The summed E-state index contributed by atoms with van der Waals surface area (Å²) in [4.78, 5) is 0. The lowest BCUT2D eigenvalue weighted by Crippen LogP contribution is -2.01. The summed E-state index contributed by atoms with van der Waals surface area (Å²) in [5.74, 6) is 1.07. The minimum absolute atomic E-state index is 0.188. The Labute approximate surface area is 79.2 Å². The predicted octanol–water partition coefficient (Wildman–Crippen LogP) is 2.10. The van der Waals surface area contributed by atoms with Crippen molar-refractivity contribution in [3.8, 4) is 5.75 Å². The summed E-state index contributed by atoms with van der Waals surface area (Å²) in [6, 6.07) is 5.92.